The smallest absolute Gasteiger partial charge is 0.322 e. The fraction of sp³-hybridized carbons (Fsp3) is 0.478. The van der Waals surface area contributed by atoms with Gasteiger partial charge < -0.3 is 19.7 Å². The Balaban J connectivity index is 2.15. The molecule has 0 unspecified atom stereocenters. The van der Waals surface area contributed by atoms with E-state index < -0.39 is 0 Å². The molecule has 0 aliphatic carbocycles. The van der Waals surface area contributed by atoms with Gasteiger partial charge in [-0.15, -0.1) is 0 Å². The van der Waals surface area contributed by atoms with Crippen LogP contribution in [0.25, 0.3) is 0 Å². The number of nitrogens with one attached hydrogen (secondary N) is 1. The number of carbonyl (C=O) groups is 2. The van der Waals surface area contributed by atoms with Gasteiger partial charge in [-0.1, -0.05) is 50.9 Å². The van der Waals surface area contributed by atoms with E-state index in [0.29, 0.717) is 41.3 Å². The van der Waals surface area contributed by atoms with Crippen LogP contribution in [0.3, 0.4) is 0 Å². The van der Waals surface area contributed by atoms with Crippen molar-refractivity contribution in [1.82, 2.24) is 14.4 Å². The van der Waals surface area contributed by atoms with E-state index in [4.69, 9.17) is 23.2 Å². The number of anilines is 1. The normalized spacial score (nSPS) is 11.1. The third-order valence-electron chi connectivity index (χ3n) is 4.71. The van der Waals surface area contributed by atoms with Crippen LogP contribution in [0.2, 0.25) is 10.0 Å². The van der Waals surface area contributed by atoms with E-state index >= 15 is 0 Å². The van der Waals surface area contributed by atoms with E-state index in [0.717, 1.165) is 5.69 Å². The van der Waals surface area contributed by atoms with Gasteiger partial charge in [-0.3, -0.25) is 4.79 Å². The maximum absolute atomic E-state index is 13.2. The lowest BCUT2D eigenvalue weighted by molar-refractivity contribution is -0.133. The van der Waals surface area contributed by atoms with E-state index in [1.165, 1.54) is 0 Å². The number of nitrogens with zero attached hydrogens (tertiary/aromatic N) is 3. The van der Waals surface area contributed by atoms with Crippen LogP contribution in [-0.4, -0.2) is 45.9 Å². The van der Waals surface area contributed by atoms with Gasteiger partial charge in [0, 0.05) is 37.7 Å². The predicted molar refractivity (Wildman–Crippen MR) is 128 cm³/mol. The van der Waals surface area contributed by atoms with E-state index in [2.05, 4.69) is 19.2 Å². The Morgan fingerprint density at radius 2 is 1.65 bits per heavy atom. The highest BCUT2D eigenvalue weighted by molar-refractivity contribution is 6.42. The second-order valence-electron chi connectivity index (χ2n) is 8.61. The maximum Gasteiger partial charge on any atom is 0.322 e. The molecule has 1 heterocycles. The molecule has 3 amide bonds. The van der Waals surface area contributed by atoms with Gasteiger partial charge in [0.15, 0.2) is 0 Å². The quantitative estimate of drug-likeness (QED) is 0.529. The lowest BCUT2D eigenvalue weighted by Crippen LogP contribution is -2.46. The first kappa shape index (κ1) is 25.1. The molecule has 1 N–H and O–H groups in total. The van der Waals surface area contributed by atoms with Crippen molar-refractivity contribution in [2.75, 3.05) is 25.0 Å². The summed E-state index contributed by atoms with van der Waals surface area (Å²) in [5, 5.41) is 3.60. The number of amides is 3. The summed E-state index contributed by atoms with van der Waals surface area (Å²) in [4.78, 5) is 29.5. The van der Waals surface area contributed by atoms with Crippen molar-refractivity contribution in [2.24, 2.45) is 18.9 Å². The van der Waals surface area contributed by atoms with Crippen molar-refractivity contribution in [3.05, 3.63) is 52.3 Å². The standard InChI is InChI=1S/C23H32Cl2N4O2/c1-16(2)12-28(14-19-7-6-10-27(19)5)22(30)15-29(13-17(3)4)23(31)26-18-8-9-20(24)21(25)11-18/h6-11,16-17H,12-15H2,1-5H3,(H,26,31). The van der Waals surface area contributed by atoms with E-state index in [9.17, 15) is 9.59 Å². The zero-order valence-electron chi connectivity index (χ0n) is 18.9. The van der Waals surface area contributed by atoms with Gasteiger partial charge in [-0.05, 0) is 42.2 Å². The molecule has 0 aliphatic heterocycles. The van der Waals surface area contributed by atoms with E-state index in [-0.39, 0.29) is 24.4 Å². The predicted octanol–water partition coefficient (Wildman–Crippen LogP) is 5.51. The van der Waals surface area contributed by atoms with Gasteiger partial charge in [-0.2, -0.15) is 0 Å². The number of hydrogen-bond donors (Lipinski definition) is 1. The van der Waals surface area contributed by atoms with Crippen LogP contribution < -0.4 is 5.32 Å². The van der Waals surface area contributed by atoms with Crippen molar-refractivity contribution in [2.45, 2.75) is 34.2 Å². The molecular weight excluding hydrogens is 435 g/mol. The third-order valence-corrected chi connectivity index (χ3v) is 5.45. The highest BCUT2D eigenvalue weighted by Gasteiger charge is 2.23. The molecule has 0 aliphatic rings. The van der Waals surface area contributed by atoms with Crippen LogP contribution in [0.15, 0.2) is 36.5 Å². The van der Waals surface area contributed by atoms with Gasteiger partial charge in [0.25, 0.3) is 0 Å². The Morgan fingerprint density at radius 1 is 1.00 bits per heavy atom. The fourth-order valence-electron chi connectivity index (χ4n) is 3.25. The zero-order valence-corrected chi connectivity index (χ0v) is 20.4. The van der Waals surface area contributed by atoms with Crippen LogP contribution in [0.5, 0.6) is 0 Å². The van der Waals surface area contributed by atoms with Crippen LogP contribution in [0.1, 0.15) is 33.4 Å². The average molecular weight is 467 g/mol. The highest BCUT2D eigenvalue weighted by Crippen LogP contribution is 2.25. The van der Waals surface area contributed by atoms with Crippen molar-refractivity contribution in [3.63, 3.8) is 0 Å². The second kappa shape index (κ2) is 11.4. The molecule has 1 aromatic carbocycles. The lowest BCUT2D eigenvalue weighted by atomic mass is 10.2. The van der Waals surface area contributed by atoms with Crippen molar-refractivity contribution in [1.29, 1.82) is 0 Å². The number of hydrogen-bond acceptors (Lipinski definition) is 2. The fourth-order valence-corrected chi connectivity index (χ4v) is 3.55. The summed E-state index contributed by atoms with van der Waals surface area (Å²) in [5.74, 6) is 0.436. The third kappa shape index (κ3) is 7.78. The molecule has 31 heavy (non-hydrogen) atoms. The molecule has 2 aromatic rings. The number of urea groups is 1. The lowest BCUT2D eigenvalue weighted by Gasteiger charge is -2.30. The molecule has 0 saturated carbocycles. The van der Waals surface area contributed by atoms with E-state index in [1.807, 2.05) is 48.7 Å². The minimum atomic E-state index is -0.344. The molecule has 1 aromatic heterocycles. The average Bonchev–Trinajstić information content (AvgIpc) is 3.07. The molecule has 0 bridgehead atoms. The topological polar surface area (TPSA) is 57.6 Å². The number of aryl methyl sites for hydroxylation is 1. The maximum atomic E-state index is 13.2. The van der Waals surface area contributed by atoms with E-state index in [1.54, 1.807) is 23.1 Å². The first-order chi connectivity index (χ1) is 14.6. The molecule has 2 rings (SSSR count). The molecule has 6 nitrogen and oxygen atoms in total. The Bertz CT molecular complexity index is 895. The summed E-state index contributed by atoms with van der Waals surface area (Å²) >= 11 is 12.0. The highest BCUT2D eigenvalue weighted by atomic mass is 35.5. The van der Waals surface area contributed by atoms with Gasteiger partial charge in [0.2, 0.25) is 5.91 Å². The van der Waals surface area contributed by atoms with Gasteiger partial charge in [0.05, 0.1) is 16.6 Å². The Kier molecular flexibility index (Phi) is 9.26. The molecule has 0 spiro atoms. The van der Waals surface area contributed by atoms with Crippen molar-refractivity contribution in [3.8, 4) is 0 Å². The summed E-state index contributed by atoms with van der Waals surface area (Å²) in [7, 11) is 1.96. The van der Waals surface area contributed by atoms with Crippen LogP contribution in [0, 0.1) is 11.8 Å². The molecule has 0 fully saturated rings. The summed E-state index contributed by atoms with van der Waals surface area (Å²) in [6.07, 6.45) is 1.96. The van der Waals surface area contributed by atoms with Gasteiger partial charge in [-0.25, -0.2) is 4.79 Å². The first-order valence-corrected chi connectivity index (χ1v) is 11.2. The molecular formula is C23H32Cl2N4O2. The number of carbonyl (C=O) groups excluding carboxylic acids is 2. The van der Waals surface area contributed by atoms with Crippen molar-refractivity contribution < 1.29 is 9.59 Å². The van der Waals surface area contributed by atoms with Gasteiger partial charge in [0.1, 0.15) is 6.54 Å². The SMILES string of the molecule is CC(C)CN(Cc1cccn1C)C(=O)CN(CC(C)C)C(=O)Nc1ccc(Cl)c(Cl)c1. The number of rotatable bonds is 9. The Hall–Kier alpha value is -2.18. The van der Waals surface area contributed by atoms with Crippen LogP contribution in [-0.2, 0) is 18.4 Å². The molecule has 0 atom stereocenters. The minimum absolute atomic E-state index is 0.00246. The molecule has 0 saturated heterocycles. The second-order valence-corrected chi connectivity index (χ2v) is 9.43. The minimum Gasteiger partial charge on any atom is -0.353 e. The van der Waals surface area contributed by atoms with Gasteiger partial charge >= 0.3 is 6.03 Å². The Morgan fingerprint density at radius 3 is 2.19 bits per heavy atom. The van der Waals surface area contributed by atoms with Crippen molar-refractivity contribution >= 4 is 40.8 Å². The Labute approximate surface area is 195 Å². The monoisotopic (exact) mass is 466 g/mol. The number of benzene rings is 1. The molecule has 8 heteroatoms. The summed E-state index contributed by atoms with van der Waals surface area (Å²) in [5.41, 5.74) is 1.58. The first-order valence-electron chi connectivity index (χ1n) is 10.5. The molecule has 170 valence electrons. The number of halogens is 2. The summed E-state index contributed by atoms with van der Waals surface area (Å²) in [6, 6.07) is 8.53. The zero-order chi connectivity index (χ0) is 23.1. The number of aromatic nitrogens is 1. The largest absolute Gasteiger partial charge is 0.353 e. The summed E-state index contributed by atoms with van der Waals surface area (Å²) in [6.45, 7) is 9.77. The molecule has 0 radical (unpaired) electrons. The van der Waals surface area contributed by atoms with Crippen LogP contribution in [0.4, 0.5) is 10.5 Å². The summed E-state index contributed by atoms with van der Waals surface area (Å²) < 4.78 is 2.00. The van der Waals surface area contributed by atoms with Crippen LogP contribution >= 0.6 is 23.2 Å².